The molecule has 0 saturated carbocycles. The van der Waals surface area contributed by atoms with Gasteiger partial charge in [-0.05, 0) is 24.0 Å². The Bertz CT molecular complexity index is 420. The lowest BCUT2D eigenvalue weighted by atomic mass is 10.0. The standard InChI is InChI=1S/C10H12O2S/c1-8-6-9-4-2-3-5-10(9)13(11,12)7-8/h2-5,8H,6-7H2,1H3. The second-order valence-electron chi connectivity index (χ2n) is 3.70. The molecule has 1 aliphatic rings. The minimum atomic E-state index is -2.99. The van der Waals surface area contributed by atoms with Gasteiger partial charge >= 0.3 is 0 Å². The quantitative estimate of drug-likeness (QED) is 0.632. The molecule has 2 nitrogen and oxygen atoms in total. The molecule has 0 bridgehead atoms. The van der Waals surface area contributed by atoms with Crippen LogP contribution < -0.4 is 0 Å². The first kappa shape index (κ1) is 8.75. The van der Waals surface area contributed by atoms with Crippen LogP contribution in [0, 0.1) is 5.92 Å². The van der Waals surface area contributed by atoms with Gasteiger partial charge in [-0.3, -0.25) is 0 Å². The number of hydrogen-bond acceptors (Lipinski definition) is 2. The van der Waals surface area contributed by atoms with E-state index in [4.69, 9.17) is 0 Å². The predicted molar refractivity (Wildman–Crippen MR) is 51.4 cm³/mol. The highest BCUT2D eigenvalue weighted by Crippen LogP contribution is 2.27. The van der Waals surface area contributed by atoms with Gasteiger partial charge in [0, 0.05) is 0 Å². The van der Waals surface area contributed by atoms with Gasteiger partial charge in [0.25, 0.3) is 0 Å². The Morgan fingerprint density at radius 2 is 2.00 bits per heavy atom. The van der Waals surface area contributed by atoms with E-state index >= 15 is 0 Å². The summed E-state index contributed by atoms with van der Waals surface area (Å²) in [5.41, 5.74) is 0.973. The Kier molecular flexibility index (Phi) is 1.91. The van der Waals surface area contributed by atoms with Crippen LogP contribution in [-0.2, 0) is 16.3 Å². The Morgan fingerprint density at radius 3 is 2.77 bits per heavy atom. The number of rotatable bonds is 0. The molecule has 1 atom stereocenters. The zero-order valence-corrected chi connectivity index (χ0v) is 8.34. The van der Waals surface area contributed by atoms with Crippen LogP contribution in [0.5, 0.6) is 0 Å². The Morgan fingerprint density at radius 1 is 1.31 bits per heavy atom. The highest BCUT2D eigenvalue weighted by Gasteiger charge is 2.26. The molecule has 0 fully saturated rings. The monoisotopic (exact) mass is 196 g/mol. The molecule has 0 spiro atoms. The molecule has 0 aliphatic carbocycles. The predicted octanol–water partition coefficient (Wildman–Crippen LogP) is 1.65. The first-order chi connectivity index (χ1) is 6.09. The van der Waals surface area contributed by atoms with Gasteiger partial charge in [0.15, 0.2) is 9.84 Å². The van der Waals surface area contributed by atoms with Crippen molar-refractivity contribution in [2.24, 2.45) is 5.92 Å². The summed E-state index contributed by atoms with van der Waals surface area (Å²) in [5, 5.41) is 0. The number of fused-ring (bicyclic) bond motifs is 1. The highest BCUT2D eigenvalue weighted by molar-refractivity contribution is 7.91. The van der Waals surface area contributed by atoms with Crippen LogP contribution >= 0.6 is 0 Å². The molecule has 13 heavy (non-hydrogen) atoms. The summed E-state index contributed by atoms with van der Waals surface area (Å²) < 4.78 is 23.4. The average Bonchev–Trinajstić information content (AvgIpc) is 2.02. The molecule has 1 heterocycles. The van der Waals surface area contributed by atoms with Crippen LogP contribution in [0.2, 0.25) is 0 Å². The summed E-state index contributed by atoms with van der Waals surface area (Å²) in [7, 11) is -2.99. The number of benzene rings is 1. The summed E-state index contributed by atoms with van der Waals surface area (Å²) in [5.74, 6) is 0.546. The van der Waals surface area contributed by atoms with E-state index in [1.807, 2.05) is 19.1 Å². The maximum atomic E-state index is 11.7. The maximum absolute atomic E-state index is 11.7. The summed E-state index contributed by atoms with van der Waals surface area (Å²) in [6, 6.07) is 7.29. The number of hydrogen-bond donors (Lipinski definition) is 0. The fourth-order valence-electron chi connectivity index (χ4n) is 1.87. The van der Waals surface area contributed by atoms with E-state index in [1.54, 1.807) is 12.1 Å². The van der Waals surface area contributed by atoms with Gasteiger partial charge in [-0.1, -0.05) is 25.1 Å². The normalized spacial score (nSPS) is 25.2. The molecule has 0 amide bonds. The maximum Gasteiger partial charge on any atom is 0.178 e. The van der Waals surface area contributed by atoms with E-state index in [1.165, 1.54) is 0 Å². The van der Waals surface area contributed by atoms with E-state index in [0.29, 0.717) is 10.6 Å². The lowest BCUT2D eigenvalue weighted by molar-refractivity contribution is 0.552. The molecule has 70 valence electrons. The molecule has 2 rings (SSSR count). The molecular weight excluding hydrogens is 184 g/mol. The van der Waals surface area contributed by atoms with Gasteiger partial charge in [0.2, 0.25) is 0 Å². The molecule has 0 saturated heterocycles. The summed E-state index contributed by atoms with van der Waals surface area (Å²) in [6.07, 6.45) is 0.884. The fourth-order valence-corrected chi connectivity index (χ4v) is 3.76. The van der Waals surface area contributed by atoms with Gasteiger partial charge in [-0.25, -0.2) is 8.42 Å². The van der Waals surface area contributed by atoms with Crippen molar-refractivity contribution in [3.63, 3.8) is 0 Å². The molecule has 1 aromatic rings. The van der Waals surface area contributed by atoms with E-state index in [0.717, 1.165) is 12.0 Å². The first-order valence-electron chi connectivity index (χ1n) is 4.40. The van der Waals surface area contributed by atoms with E-state index in [2.05, 4.69) is 0 Å². The zero-order chi connectivity index (χ0) is 9.47. The second kappa shape index (κ2) is 2.84. The minimum Gasteiger partial charge on any atom is -0.224 e. The van der Waals surface area contributed by atoms with Crippen molar-refractivity contribution >= 4 is 9.84 Å². The topological polar surface area (TPSA) is 34.1 Å². The van der Waals surface area contributed by atoms with Crippen molar-refractivity contribution in [1.82, 2.24) is 0 Å². The molecule has 0 N–H and O–H groups in total. The molecule has 1 aromatic carbocycles. The average molecular weight is 196 g/mol. The molecule has 0 radical (unpaired) electrons. The van der Waals surface area contributed by atoms with Crippen LogP contribution in [0.3, 0.4) is 0 Å². The highest BCUT2D eigenvalue weighted by atomic mass is 32.2. The zero-order valence-electron chi connectivity index (χ0n) is 7.53. The number of sulfone groups is 1. The van der Waals surface area contributed by atoms with Crippen molar-refractivity contribution in [1.29, 1.82) is 0 Å². The SMILES string of the molecule is CC1Cc2ccccc2S(=O)(=O)C1. The van der Waals surface area contributed by atoms with Gasteiger partial charge in [-0.15, -0.1) is 0 Å². The van der Waals surface area contributed by atoms with Crippen molar-refractivity contribution < 1.29 is 8.42 Å². The van der Waals surface area contributed by atoms with Crippen molar-refractivity contribution in [3.05, 3.63) is 29.8 Å². The lowest BCUT2D eigenvalue weighted by Gasteiger charge is -2.20. The van der Waals surface area contributed by atoms with Gasteiger partial charge in [-0.2, -0.15) is 0 Å². The largest absolute Gasteiger partial charge is 0.224 e. The lowest BCUT2D eigenvalue weighted by Crippen LogP contribution is -2.23. The third kappa shape index (κ3) is 1.48. The molecule has 0 aromatic heterocycles. The van der Waals surface area contributed by atoms with Crippen molar-refractivity contribution in [2.45, 2.75) is 18.2 Å². The van der Waals surface area contributed by atoms with Crippen LogP contribution in [0.1, 0.15) is 12.5 Å². The Hall–Kier alpha value is -0.830. The van der Waals surface area contributed by atoms with E-state index < -0.39 is 9.84 Å². The Labute approximate surface area is 78.5 Å². The van der Waals surface area contributed by atoms with E-state index in [9.17, 15) is 8.42 Å². The summed E-state index contributed by atoms with van der Waals surface area (Å²) in [6.45, 7) is 1.98. The van der Waals surface area contributed by atoms with Crippen LogP contribution in [0.15, 0.2) is 29.2 Å². The van der Waals surface area contributed by atoms with Gasteiger partial charge in [0.05, 0.1) is 10.6 Å². The smallest absolute Gasteiger partial charge is 0.178 e. The van der Waals surface area contributed by atoms with Gasteiger partial charge < -0.3 is 0 Å². The van der Waals surface area contributed by atoms with Crippen LogP contribution in [0.4, 0.5) is 0 Å². The second-order valence-corrected chi connectivity index (χ2v) is 5.70. The van der Waals surface area contributed by atoms with Gasteiger partial charge in [0.1, 0.15) is 0 Å². The van der Waals surface area contributed by atoms with Crippen LogP contribution in [-0.4, -0.2) is 14.2 Å². The summed E-state index contributed by atoms with van der Waals surface area (Å²) in [4.78, 5) is 0.535. The van der Waals surface area contributed by atoms with Crippen molar-refractivity contribution in [3.8, 4) is 0 Å². The Balaban J connectivity index is 2.63. The van der Waals surface area contributed by atoms with Crippen LogP contribution in [0.25, 0.3) is 0 Å². The first-order valence-corrected chi connectivity index (χ1v) is 6.05. The third-order valence-electron chi connectivity index (χ3n) is 2.38. The van der Waals surface area contributed by atoms with Crippen molar-refractivity contribution in [2.75, 3.05) is 5.75 Å². The fraction of sp³-hybridized carbons (Fsp3) is 0.400. The third-order valence-corrected chi connectivity index (χ3v) is 4.46. The molecule has 1 unspecified atom stereocenters. The van der Waals surface area contributed by atoms with E-state index in [-0.39, 0.29) is 5.92 Å². The molecule has 1 aliphatic heterocycles. The minimum absolute atomic E-state index is 0.250. The molecular formula is C10H12O2S. The molecule has 3 heteroatoms. The summed E-state index contributed by atoms with van der Waals surface area (Å²) >= 11 is 0.